The summed E-state index contributed by atoms with van der Waals surface area (Å²) in [5.41, 5.74) is 9.61. The molecule has 0 aliphatic carbocycles. The van der Waals surface area contributed by atoms with Crippen LogP contribution >= 0.6 is 15.9 Å². The average Bonchev–Trinajstić information content (AvgIpc) is 2.34. The summed E-state index contributed by atoms with van der Waals surface area (Å²) in [5, 5.41) is 12.3. The summed E-state index contributed by atoms with van der Waals surface area (Å²) in [6.07, 6.45) is 0. The van der Waals surface area contributed by atoms with Crippen LogP contribution in [0.3, 0.4) is 0 Å². The molecule has 0 aliphatic rings. The van der Waals surface area contributed by atoms with Gasteiger partial charge in [-0.25, -0.2) is 0 Å². The van der Waals surface area contributed by atoms with Crippen molar-refractivity contribution in [3.63, 3.8) is 0 Å². The number of halogens is 1. The molecule has 0 atom stereocenters. The van der Waals surface area contributed by atoms with Gasteiger partial charge >= 0.3 is 0 Å². The Hall–Kier alpha value is -1.99. The summed E-state index contributed by atoms with van der Waals surface area (Å²) in [6.45, 7) is 2.03. The molecule has 0 heterocycles. The van der Waals surface area contributed by atoms with Crippen LogP contribution in [0.5, 0.6) is 0 Å². The van der Waals surface area contributed by atoms with Crippen LogP contribution in [0.2, 0.25) is 0 Å². The smallest absolute Gasteiger partial charge is 0.101 e. The molecular weight excluding hydrogens is 290 g/mol. The maximum absolute atomic E-state index is 9.08. The second-order valence-corrected chi connectivity index (χ2v) is 4.88. The van der Waals surface area contributed by atoms with E-state index in [0.717, 1.165) is 15.8 Å². The number of aryl methyl sites for hydroxylation is 1. The molecule has 90 valence electrons. The minimum absolute atomic E-state index is 0.530. The number of hydrogen-bond donors (Lipinski definition) is 2. The van der Waals surface area contributed by atoms with Crippen molar-refractivity contribution in [2.45, 2.75) is 6.92 Å². The molecule has 18 heavy (non-hydrogen) atoms. The summed E-state index contributed by atoms with van der Waals surface area (Å²) in [4.78, 5) is 0. The van der Waals surface area contributed by atoms with Gasteiger partial charge in [0.2, 0.25) is 0 Å². The number of nitrogens with zero attached hydrogens (tertiary/aromatic N) is 1. The van der Waals surface area contributed by atoms with E-state index in [9.17, 15) is 0 Å². The Morgan fingerprint density at radius 1 is 1.17 bits per heavy atom. The minimum Gasteiger partial charge on any atom is -0.399 e. The van der Waals surface area contributed by atoms with E-state index < -0.39 is 0 Å². The van der Waals surface area contributed by atoms with Crippen LogP contribution < -0.4 is 11.1 Å². The Morgan fingerprint density at radius 2 is 1.89 bits per heavy atom. The summed E-state index contributed by atoms with van der Waals surface area (Å²) in [5.74, 6) is 0. The van der Waals surface area contributed by atoms with Crippen molar-refractivity contribution in [2.75, 3.05) is 11.1 Å². The lowest BCUT2D eigenvalue weighted by Crippen LogP contribution is -1.96. The number of anilines is 3. The predicted octanol–water partition coefficient (Wildman–Crippen LogP) is 3.96. The summed E-state index contributed by atoms with van der Waals surface area (Å²) >= 11 is 3.50. The van der Waals surface area contributed by atoms with Crippen LogP contribution in [0.15, 0.2) is 40.9 Å². The first-order valence-corrected chi connectivity index (χ1v) is 6.22. The molecule has 0 amide bonds. The molecule has 0 saturated heterocycles. The van der Waals surface area contributed by atoms with Crippen molar-refractivity contribution in [2.24, 2.45) is 0 Å². The highest BCUT2D eigenvalue weighted by Crippen LogP contribution is 2.28. The number of nitrogens with one attached hydrogen (secondary N) is 1. The lowest BCUT2D eigenvalue weighted by atomic mass is 10.1. The van der Waals surface area contributed by atoms with Crippen LogP contribution in [0, 0.1) is 18.3 Å². The number of nitrogens with two attached hydrogens (primary N) is 1. The van der Waals surface area contributed by atoms with Gasteiger partial charge < -0.3 is 11.1 Å². The first kappa shape index (κ1) is 12.5. The van der Waals surface area contributed by atoms with Crippen LogP contribution in [0.25, 0.3) is 0 Å². The topological polar surface area (TPSA) is 61.8 Å². The third kappa shape index (κ3) is 2.63. The third-order valence-corrected chi connectivity index (χ3v) is 3.21. The lowest BCUT2D eigenvalue weighted by Gasteiger charge is -2.11. The van der Waals surface area contributed by atoms with E-state index in [2.05, 4.69) is 27.3 Å². The number of rotatable bonds is 2. The zero-order chi connectivity index (χ0) is 13.1. The third-order valence-electron chi connectivity index (χ3n) is 2.56. The van der Waals surface area contributed by atoms with Gasteiger partial charge in [-0.05, 0) is 58.7 Å². The van der Waals surface area contributed by atoms with Gasteiger partial charge in [-0.15, -0.1) is 0 Å². The Balaban J connectivity index is 2.37. The fraction of sp³-hybridized carbons (Fsp3) is 0.0714. The fourth-order valence-electron chi connectivity index (χ4n) is 1.63. The van der Waals surface area contributed by atoms with Gasteiger partial charge in [0.15, 0.2) is 0 Å². The SMILES string of the molecule is Cc1ccc(Nc2ccc(N)cc2C#N)c(Br)c1. The summed E-state index contributed by atoms with van der Waals surface area (Å²) < 4.78 is 0.961. The van der Waals surface area contributed by atoms with E-state index in [-0.39, 0.29) is 0 Å². The molecule has 0 spiro atoms. The van der Waals surface area contributed by atoms with Crippen molar-refractivity contribution in [3.05, 3.63) is 52.0 Å². The first-order valence-electron chi connectivity index (χ1n) is 5.43. The monoisotopic (exact) mass is 301 g/mol. The highest BCUT2D eigenvalue weighted by atomic mass is 79.9. The van der Waals surface area contributed by atoms with Gasteiger partial charge in [0, 0.05) is 10.2 Å². The van der Waals surface area contributed by atoms with Gasteiger partial charge in [0.1, 0.15) is 6.07 Å². The molecule has 2 aromatic rings. The Morgan fingerprint density at radius 3 is 2.56 bits per heavy atom. The molecule has 0 unspecified atom stereocenters. The molecular formula is C14H12BrN3. The maximum atomic E-state index is 9.08. The second-order valence-electron chi connectivity index (χ2n) is 4.03. The van der Waals surface area contributed by atoms with Crippen LogP contribution in [0.4, 0.5) is 17.1 Å². The Labute approximate surface area is 114 Å². The lowest BCUT2D eigenvalue weighted by molar-refractivity contribution is 1.42. The molecule has 2 rings (SSSR count). The van der Waals surface area contributed by atoms with Crippen molar-refractivity contribution < 1.29 is 0 Å². The molecule has 0 aliphatic heterocycles. The average molecular weight is 302 g/mol. The van der Waals surface area contributed by atoms with Crippen LogP contribution in [-0.2, 0) is 0 Å². The number of nitriles is 1. The molecule has 2 aromatic carbocycles. The normalized spacial score (nSPS) is 9.83. The minimum atomic E-state index is 0.530. The summed E-state index contributed by atoms with van der Waals surface area (Å²) in [6, 6.07) is 13.4. The molecule has 0 fully saturated rings. The first-order chi connectivity index (χ1) is 8.60. The maximum Gasteiger partial charge on any atom is 0.101 e. The number of benzene rings is 2. The van der Waals surface area contributed by atoms with Crippen molar-refractivity contribution in [1.29, 1.82) is 5.26 Å². The second kappa shape index (κ2) is 5.11. The molecule has 0 saturated carbocycles. The van der Waals surface area contributed by atoms with Crippen LogP contribution in [-0.4, -0.2) is 0 Å². The molecule has 3 nitrogen and oxygen atoms in total. The molecule has 0 radical (unpaired) electrons. The highest BCUT2D eigenvalue weighted by Gasteiger charge is 2.05. The molecule has 4 heteroatoms. The zero-order valence-electron chi connectivity index (χ0n) is 9.87. The number of nitrogen functional groups attached to an aromatic ring is 1. The molecule has 3 N–H and O–H groups in total. The quantitative estimate of drug-likeness (QED) is 0.826. The van der Waals surface area contributed by atoms with E-state index in [0.29, 0.717) is 11.3 Å². The van der Waals surface area contributed by atoms with E-state index >= 15 is 0 Å². The van der Waals surface area contributed by atoms with Gasteiger partial charge in [-0.1, -0.05) is 6.07 Å². The van der Waals surface area contributed by atoms with Crippen molar-refractivity contribution in [3.8, 4) is 6.07 Å². The fourth-order valence-corrected chi connectivity index (χ4v) is 2.22. The standard InChI is InChI=1S/C14H12BrN3/c1-9-2-4-14(12(15)6-9)18-13-5-3-11(17)7-10(13)8-16/h2-7,18H,17H2,1H3. The highest BCUT2D eigenvalue weighted by molar-refractivity contribution is 9.10. The number of hydrogen-bond acceptors (Lipinski definition) is 3. The molecule has 0 aromatic heterocycles. The Kier molecular flexibility index (Phi) is 3.54. The predicted molar refractivity (Wildman–Crippen MR) is 77.7 cm³/mol. The zero-order valence-corrected chi connectivity index (χ0v) is 11.5. The van der Waals surface area contributed by atoms with Crippen molar-refractivity contribution >= 4 is 33.0 Å². The van der Waals surface area contributed by atoms with Gasteiger partial charge in [-0.2, -0.15) is 5.26 Å². The van der Waals surface area contributed by atoms with E-state index in [1.54, 1.807) is 18.2 Å². The van der Waals surface area contributed by atoms with Crippen LogP contribution in [0.1, 0.15) is 11.1 Å². The summed E-state index contributed by atoms with van der Waals surface area (Å²) in [7, 11) is 0. The Bertz CT molecular complexity index is 629. The largest absolute Gasteiger partial charge is 0.399 e. The van der Waals surface area contributed by atoms with Gasteiger partial charge in [-0.3, -0.25) is 0 Å². The van der Waals surface area contributed by atoms with E-state index in [1.165, 1.54) is 5.56 Å². The van der Waals surface area contributed by atoms with Gasteiger partial charge in [0.25, 0.3) is 0 Å². The van der Waals surface area contributed by atoms with Gasteiger partial charge in [0.05, 0.1) is 16.9 Å². The molecule has 0 bridgehead atoms. The van der Waals surface area contributed by atoms with E-state index in [1.807, 2.05) is 25.1 Å². The van der Waals surface area contributed by atoms with E-state index in [4.69, 9.17) is 11.0 Å². The van der Waals surface area contributed by atoms with Crippen molar-refractivity contribution in [1.82, 2.24) is 0 Å².